The van der Waals surface area contributed by atoms with Gasteiger partial charge in [0.1, 0.15) is 5.75 Å². The minimum Gasteiger partial charge on any atom is -0.497 e. The zero-order valence-corrected chi connectivity index (χ0v) is 15.6. The quantitative estimate of drug-likeness (QED) is 0.723. The molecule has 0 bridgehead atoms. The highest BCUT2D eigenvalue weighted by Gasteiger charge is 2.59. The number of methoxy groups -OCH3 is 2. The zero-order chi connectivity index (χ0) is 18.8. The first kappa shape index (κ1) is 21.0. The van der Waals surface area contributed by atoms with Gasteiger partial charge in [-0.1, -0.05) is 36.4 Å². The van der Waals surface area contributed by atoms with Gasteiger partial charge in [0, 0.05) is 18.2 Å². The predicted octanol–water partition coefficient (Wildman–Crippen LogP) is 5.04. The van der Waals surface area contributed by atoms with Crippen LogP contribution in [-0.2, 0) is 10.3 Å². The van der Waals surface area contributed by atoms with Crippen LogP contribution in [-0.4, -0.2) is 32.7 Å². The molecular weight excluding hydrogens is 379 g/mol. The maximum atomic E-state index is 13.8. The van der Waals surface area contributed by atoms with E-state index in [2.05, 4.69) is 4.99 Å². The van der Waals surface area contributed by atoms with Crippen LogP contribution in [0, 0.1) is 0 Å². The summed E-state index contributed by atoms with van der Waals surface area (Å²) in [6, 6.07) is 14.1. The third-order valence-corrected chi connectivity index (χ3v) is 4.45. The molecule has 1 heterocycles. The first-order valence-electron chi connectivity index (χ1n) is 7.99. The monoisotopic (exact) mass is 397 g/mol. The second kappa shape index (κ2) is 8.15. The van der Waals surface area contributed by atoms with Crippen LogP contribution in [0.5, 0.6) is 5.75 Å². The van der Waals surface area contributed by atoms with E-state index in [0.717, 1.165) is 12.7 Å². The fraction of sp³-hybridized carbons (Fsp3) is 0.250. The topological polar surface area (TPSA) is 30.8 Å². The van der Waals surface area contributed by atoms with Gasteiger partial charge < -0.3 is 9.47 Å². The van der Waals surface area contributed by atoms with Gasteiger partial charge in [-0.2, -0.15) is 13.2 Å². The molecule has 0 amide bonds. The van der Waals surface area contributed by atoms with Gasteiger partial charge in [0.15, 0.2) is 0 Å². The first-order chi connectivity index (χ1) is 12.4. The Hall–Kier alpha value is -2.31. The molecule has 2 aromatic rings. The molecule has 3 nitrogen and oxygen atoms in total. The summed E-state index contributed by atoms with van der Waals surface area (Å²) in [5.74, 6) is 0.336. The summed E-state index contributed by atoms with van der Waals surface area (Å²) in [4.78, 5) is 4.18. The molecule has 0 saturated carbocycles. The van der Waals surface area contributed by atoms with E-state index < -0.39 is 18.3 Å². The van der Waals surface area contributed by atoms with Crippen molar-refractivity contribution in [1.82, 2.24) is 0 Å². The van der Waals surface area contributed by atoms with Gasteiger partial charge >= 0.3 is 6.18 Å². The number of fused-ring (bicyclic) bond motifs is 1. The fourth-order valence-electron chi connectivity index (χ4n) is 2.99. The smallest absolute Gasteiger partial charge is 0.423 e. The minimum absolute atomic E-state index is 0. The summed E-state index contributed by atoms with van der Waals surface area (Å²) in [5.41, 5.74) is -0.688. The van der Waals surface area contributed by atoms with Crippen molar-refractivity contribution in [2.45, 2.75) is 11.8 Å². The molecule has 1 aliphatic rings. The molecule has 3 rings (SSSR count). The van der Waals surface area contributed by atoms with E-state index in [4.69, 9.17) is 9.47 Å². The molecule has 0 N–H and O–H groups in total. The van der Waals surface area contributed by atoms with Crippen molar-refractivity contribution in [3.05, 3.63) is 71.3 Å². The SMILES string of the molecule is COc1ccc2c(c1)C(OC)(C(F)(F)F)CN=C2/C=C/c1ccccc1.Cl. The Kier molecular flexibility index (Phi) is 6.34. The average Bonchev–Trinajstić information content (AvgIpc) is 2.65. The number of ether oxygens (including phenoxy) is 2. The summed E-state index contributed by atoms with van der Waals surface area (Å²) in [7, 11) is 2.47. The van der Waals surface area contributed by atoms with Gasteiger partial charge in [0.2, 0.25) is 5.60 Å². The van der Waals surface area contributed by atoms with Crippen molar-refractivity contribution in [2.24, 2.45) is 4.99 Å². The molecule has 144 valence electrons. The highest BCUT2D eigenvalue weighted by Crippen LogP contribution is 2.46. The van der Waals surface area contributed by atoms with Crippen molar-refractivity contribution in [3.63, 3.8) is 0 Å². The lowest BCUT2D eigenvalue weighted by atomic mass is 9.84. The molecule has 0 radical (unpaired) electrons. The normalized spacial score (nSPS) is 19.2. The molecule has 0 spiro atoms. The van der Waals surface area contributed by atoms with Crippen molar-refractivity contribution in [1.29, 1.82) is 0 Å². The van der Waals surface area contributed by atoms with Crippen molar-refractivity contribution in [3.8, 4) is 5.75 Å². The summed E-state index contributed by atoms with van der Waals surface area (Å²) in [6.45, 7) is -0.540. The van der Waals surface area contributed by atoms with Gasteiger partial charge in [-0.05, 0) is 29.8 Å². The Bertz CT molecular complexity index is 850. The Balaban J connectivity index is 0.00000261. The van der Waals surface area contributed by atoms with Crippen LogP contribution in [0.25, 0.3) is 6.08 Å². The van der Waals surface area contributed by atoms with Crippen LogP contribution in [0.15, 0.2) is 59.6 Å². The van der Waals surface area contributed by atoms with Crippen LogP contribution in [0.1, 0.15) is 16.7 Å². The lowest BCUT2D eigenvalue weighted by molar-refractivity contribution is -0.272. The number of nitrogens with zero attached hydrogens (tertiary/aromatic N) is 1. The molecule has 0 aromatic heterocycles. The molecule has 1 unspecified atom stereocenters. The van der Waals surface area contributed by atoms with Gasteiger partial charge in [-0.25, -0.2) is 0 Å². The van der Waals surface area contributed by atoms with Crippen LogP contribution in [0.3, 0.4) is 0 Å². The number of allylic oxidation sites excluding steroid dienone is 1. The van der Waals surface area contributed by atoms with Gasteiger partial charge in [-0.15, -0.1) is 12.4 Å². The summed E-state index contributed by atoms with van der Waals surface area (Å²) < 4.78 is 51.6. The largest absolute Gasteiger partial charge is 0.497 e. The van der Waals surface area contributed by atoms with Crippen LogP contribution in [0.4, 0.5) is 13.2 Å². The van der Waals surface area contributed by atoms with Crippen molar-refractivity contribution >= 4 is 24.2 Å². The number of halogens is 4. The molecule has 27 heavy (non-hydrogen) atoms. The number of aliphatic imine (C=N–C) groups is 1. The maximum Gasteiger partial charge on any atom is 0.423 e. The van der Waals surface area contributed by atoms with Gasteiger partial charge in [-0.3, -0.25) is 4.99 Å². The van der Waals surface area contributed by atoms with Gasteiger partial charge in [0.25, 0.3) is 0 Å². The van der Waals surface area contributed by atoms with Crippen molar-refractivity contribution in [2.75, 3.05) is 20.8 Å². The average molecular weight is 398 g/mol. The van der Waals surface area contributed by atoms with E-state index in [0.29, 0.717) is 17.0 Å². The van der Waals surface area contributed by atoms with E-state index in [1.54, 1.807) is 18.2 Å². The van der Waals surface area contributed by atoms with E-state index in [-0.39, 0.29) is 18.0 Å². The third-order valence-electron chi connectivity index (χ3n) is 4.45. The molecule has 0 fully saturated rings. The summed E-state index contributed by atoms with van der Waals surface area (Å²) >= 11 is 0. The number of rotatable bonds is 4. The van der Waals surface area contributed by atoms with E-state index >= 15 is 0 Å². The molecule has 2 aromatic carbocycles. The molecular formula is C20H19ClF3NO2. The number of benzene rings is 2. The zero-order valence-electron chi connectivity index (χ0n) is 14.8. The first-order valence-corrected chi connectivity index (χ1v) is 7.99. The summed E-state index contributed by atoms with van der Waals surface area (Å²) in [5, 5.41) is 0. The Morgan fingerprint density at radius 1 is 1.04 bits per heavy atom. The molecule has 7 heteroatoms. The lowest BCUT2D eigenvalue weighted by Crippen LogP contribution is -2.49. The number of hydrogen-bond donors (Lipinski definition) is 0. The van der Waals surface area contributed by atoms with E-state index in [1.807, 2.05) is 36.4 Å². The lowest BCUT2D eigenvalue weighted by Gasteiger charge is -2.37. The third kappa shape index (κ3) is 3.87. The highest BCUT2D eigenvalue weighted by molar-refractivity contribution is 6.12. The molecule has 0 saturated heterocycles. The predicted molar refractivity (Wildman–Crippen MR) is 102 cm³/mol. The number of hydrogen-bond acceptors (Lipinski definition) is 3. The maximum absolute atomic E-state index is 13.8. The molecule has 1 aliphatic heterocycles. The van der Waals surface area contributed by atoms with E-state index in [1.165, 1.54) is 13.2 Å². The molecule has 1 atom stereocenters. The second-order valence-electron chi connectivity index (χ2n) is 5.89. The van der Waals surface area contributed by atoms with E-state index in [9.17, 15) is 13.2 Å². The van der Waals surface area contributed by atoms with Gasteiger partial charge in [0.05, 0.1) is 19.4 Å². The molecule has 0 aliphatic carbocycles. The highest BCUT2D eigenvalue weighted by atomic mass is 35.5. The van der Waals surface area contributed by atoms with Crippen LogP contribution in [0.2, 0.25) is 0 Å². The number of alkyl halides is 3. The fourth-order valence-corrected chi connectivity index (χ4v) is 2.99. The standard InChI is InChI=1S/C20H18F3NO2.ClH/c1-25-15-9-10-16-17(12-15)19(26-2,20(21,22)23)13-24-18(16)11-8-14-6-4-3-5-7-14;/h3-12H,13H2,1-2H3;1H/b11-8+;. The van der Waals surface area contributed by atoms with Crippen LogP contribution >= 0.6 is 12.4 Å². The second-order valence-corrected chi connectivity index (χ2v) is 5.89. The van der Waals surface area contributed by atoms with Crippen molar-refractivity contribution < 1.29 is 22.6 Å². The minimum atomic E-state index is -4.61. The Morgan fingerprint density at radius 3 is 2.33 bits per heavy atom. The Morgan fingerprint density at radius 2 is 1.74 bits per heavy atom. The summed E-state index contributed by atoms with van der Waals surface area (Å²) in [6.07, 6.45) is -1.07. The Labute approximate surface area is 161 Å². The van der Waals surface area contributed by atoms with Crippen LogP contribution < -0.4 is 4.74 Å².